The Morgan fingerprint density at radius 1 is 0.955 bits per heavy atom. The Morgan fingerprint density at radius 3 is 2.57 bits per heavy atom. The van der Waals surface area contributed by atoms with Crippen LogP contribution in [0.25, 0.3) is 22.2 Å². The number of morpholine rings is 1. The number of sulfonamides is 1. The molecule has 1 atom stereocenters. The highest BCUT2D eigenvalue weighted by Gasteiger charge is 2.30. The Hall–Kier alpha value is -4.95. The van der Waals surface area contributed by atoms with Crippen LogP contribution in [-0.4, -0.2) is 56.4 Å². The fourth-order valence-electron chi connectivity index (χ4n) is 5.31. The Labute approximate surface area is 251 Å². The van der Waals surface area contributed by atoms with Gasteiger partial charge >= 0.3 is 0 Å². The van der Waals surface area contributed by atoms with E-state index in [1.165, 1.54) is 12.1 Å². The third kappa shape index (κ3) is 5.22. The second-order valence-electron chi connectivity index (χ2n) is 10.4. The Kier molecular flexibility index (Phi) is 7.14. The van der Waals surface area contributed by atoms with E-state index in [4.69, 9.17) is 4.74 Å². The van der Waals surface area contributed by atoms with Crippen molar-refractivity contribution in [2.45, 2.75) is 10.9 Å². The summed E-state index contributed by atoms with van der Waals surface area (Å²) in [6.45, 7) is 2.59. The van der Waals surface area contributed by atoms with Crippen LogP contribution in [0, 0.1) is 11.6 Å². The highest BCUT2D eigenvalue weighted by molar-refractivity contribution is 7.92. The van der Waals surface area contributed by atoms with Crippen molar-refractivity contribution in [3.05, 3.63) is 96.2 Å². The van der Waals surface area contributed by atoms with Crippen molar-refractivity contribution in [3.8, 4) is 11.1 Å². The van der Waals surface area contributed by atoms with Crippen LogP contribution < -0.4 is 14.6 Å². The van der Waals surface area contributed by atoms with Crippen LogP contribution in [0.1, 0.15) is 11.6 Å². The molecule has 5 aromatic rings. The van der Waals surface area contributed by atoms with E-state index in [1.807, 2.05) is 36.4 Å². The molecule has 3 aromatic carbocycles. The van der Waals surface area contributed by atoms with E-state index in [0.29, 0.717) is 43.1 Å². The number of nitrogens with one attached hydrogen (secondary N) is 2. The van der Waals surface area contributed by atoms with Gasteiger partial charge in [-0.25, -0.2) is 27.2 Å². The van der Waals surface area contributed by atoms with Crippen molar-refractivity contribution in [2.75, 3.05) is 47.5 Å². The van der Waals surface area contributed by atoms with E-state index in [9.17, 15) is 8.42 Å². The van der Waals surface area contributed by atoms with Crippen molar-refractivity contribution in [3.63, 3.8) is 0 Å². The summed E-state index contributed by atoms with van der Waals surface area (Å²) in [4.78, 5) is 6.50. The lowest BCUT2D eigenvalue weighted by molar-refractivity contribution is 0.122. The lowest BCUT2D eigenvalue weighted by Crippen LogP contribution is -2.36. The van der Waals surface area contributed by atoms with E-state index in [1.54, 1.807) is 18.3 Å². The molecule has 4 heterocycles. The maximum atomic E-state index is 15.8. The summed E-state index contributed by atoms with van der Waals surface area (Å²) in [6.07, 6.45) is 1.62. The van der Waals surface area contributed by atoms with Crippen molar-refractivity contribution in [1.29, 1.82) is 0 Å². The van der Waals surface area contributed by atoms with Gasteiger partial charge in [-0.15, -0.1) is 0 Å². The van der Waals surface area contributed by atoms with Crippen LogP contribution in [0.3, 0.4) is 0 Å². The minimum Gasteiger partial charge on any atom is -0.378 e. The standard InChI is InChI=1S/C30H26F2N8O3S/c31-24-9-10-25(37-44(41,42)22-8-4-7-20(15-22)19-5-2-1-3-6-19)27(32)28(24)40-18-26(34-38-40)21-16-23-29(33-17-21)35-36-30(23)39-11-13-43-14-12-39/h1-10,15-17,26,37H,11-14,18H2,(H,33,35,36). The first kappa shape index (κ1) is 27.9. The van der Waals surface area contributed by atoms with Gasteiger partial charge in [0.15, 0.2) is 23.1 Å². The SMILES string of the molecule is O=S(=O)(Nc1ccc(F)c(N2CC(c3cnc4[nH]nc(N5CCOCC5)c4c3)N=N2)c1F)c1cccc(-c2ccccc2)c1. The van der Waals surface area contributed by atoms with Crippen LogP contribution in [0.2, 0.25) is 0 Å². The van der Waals surface area contributed by atoms with Gasteiger partial charge in [-0.1, -0.05) is 47.7 Å². The molecule has 0 bridgehead atoms. The predicted molar refractivity (Wildman–Crippen MR) is 161 cm³/mol. The topological polar surface area (TPSA) is 128 Å². The number of aromatic amines is 1. The van der Waals surface area contributed by atoms with Crippen LogP contribution >= 0.6 is 0 Å². The fourth-order valence-corrected chi connectivity index (χ4v) is 6.41. The maximum absolute atomic E-state index is 15.8. The minimum atomic E-state index is -4.22. The zero-order chi connectivity index (χ0) is 30.3. The predicted octanol–water partition coefficient (Wildman–Crippen LogP) is 5.47. The van der Waals surface area contributed by atoms with Crippen molar-refractivity contribution in [2.24, 2.45) is 10.3 Å². The maximum Gasteiger partial charge on any atom is 0.262 e. The van der Waals surface area contributed by atoms with E-state index >= 15 is 8.78 Å². The third-order valence-corrected chi connectivity index (χ3v) is 8.94. The molecule has 0 spiro atoms. The second kappa shape index (κ2) is 11.3. The van der Waals surface area contributed by atoms with Gasteiger partial charge in [0.2, 0.25) is 0 Å². The molecular weight excluding hydrogens is 590 g/mol. The van der Waals surface area contributed by atoms with Crippen molar-refractivity contribution >= 4 is 38.2 Å². The monoisotopic (exact) mass is 616 g/mol. The number of anilines is 3. The number of nitrogens with zero attached hydrogens (tertiary/aromatic N) is 6. The number of hydrogen-bond acceptors (Lipinski definition) is 9. The number of fused-ring (bicyclic) bond motifs is 1. The van der Waals surface area contributed by atoms with Crippen LogP contribution in [0.4, 0.5) is 26.0 Å². The van der Waals surface area contributed by atoms with E-state index < -0.39 is 39.1 Å². The lowest BCUT2D eigenvalue weighted by atomic mass is 10.1. The highest BCUT2D eigenvalue weighted by Crippen LogP contribution is 2.37. The Morgan fingerprint density at radius 2 is 1.75 bits per heavy atom. The second-order valence-corrected chi connectivity index (χ2v) is 12.1. The minimum absolute atomic E-state index is 0.0150. The summed E-state index contributed by atoms with van der Waals surface area (Å²) in [6, 6.07) is 18.9. The van der Waals surface area contributed by atoms with Gasteiger partial charge in [-0.05, 0) is 47.0 Å². The molecule has 14 heteroatoms. The molecule has 0 amide bonds. The van der Waals surface area contributed by atoms with E-state index in [0.717, 1.165) is 33.9 Å². The highest BCUT2D eigenvalue weighted by atomic mass is 32.2. The molecule has 1 fully saturated rings. The molecule has 0 saturated carbocycles. The number of rotatable bonds is 7. The zero-order valence-corrected chi connectivity index (χ0v) is 24.0. The summed E-state index contributed by atoms with van der Waals surface area (Å²) in [5.41, 5.74) is 1.87. The first-order valence-corrected chi connectivity index (χ1v) is 15.4. The van der Waals surface area contributed by atoms with Crippen molar-refractivity contribution in [1.82, 2.24) is 15.2 Å². The Balaban J connectivity index is 1.13. The molecule has 1 unspecified atom stereocenters. The van der Waals surface area contributed by atoms with Gasteiger partial charge in [0.05, 0.1) is 35.7 Å². The summed E-state index contributed by atoms with van der Waals surface area (Å²) in [5, 5.41) is 17.5. The molecule has 0 aliphatic carbocycles. The first-order valence-electron chi connectivity index (χ1n) is 13.9. The number of benzene rings is 3. The number of hydrogen-bond donors (Lipinski definition) is 2. The third-order valence-electron chi connectivity index (χ3n) is 7.58. The molecule has 44 heavy (non-hydrogen) atoms. The average Bonchev–Trinajstić information content (AvgIpc) is 3.71. The number of ether oxygens (including phenoxy) is 1. The van der Waals surface area contributed by atoms with E-state index in [-0.39, 0.29) is 11.4 Å². The quantitative estimate of drug-likeness (QED) is 0.248. The zero-order valence-electron chi connectivity index (χ0n) is 23.2. The first-order chi connectivity index (χ1) is 21.4. The molecule has 0 radical (unpaired) electrons. The number of halogens is 2. The average molecular weight is 617 g/mol. The van der Waals surface area contributed by atoms with Gasteiger partial charge in [0, 0.05) is 19.3 Å². The molecule has 11 nitrogen and oxygen atoms in total. The van der Waals surface area contributed by atoms with E-state index in [2.05, 4.69) is 35.1 Å². The molecule has 2 N–H and O–H groups in total. The van der Waals surface area contributed by atoms with Gasteiger partial charge in [0.1, 0.15) is 11.7 Å². The molecule has 7 rings (SSSR count). The van der Waals surface area contributed by atoms with Crippen LogP contribution in [0.15, 0.2) is 94.2 Å². The molecule has 2 aliphatic heterocycles. The number of H-pyrrole nitrogens is 1. The van der Waals surface area contributed by atoms with Gasteiger partial charge in [-0.3, -0.25) is 9.82 Å². The molecule has 2 aromatic heterocycles. The fraction of sp³-hybridized carbons (Fsp3) is 0.200. The summed E-state index contributed by atoms with van der Waals surface area (Å²) in [5.74, 6) is -1.27. The molecule has 2 aliphatic rings. The molecule has 1 saturated heterocycles. The number of pyridine rings is 1. The normalized spacial score (nSPS) is 17.0. The summed E-state index contributed by atoms with van der Waals surface area (Å²) >= 11 is 0. The van der Waals surface area contributed by atoms with Crippen LogP contribution in [0.5, 0.6) is 0 Å². The van der Waals surface area contributed by atoms with Gasteiger partial charge in [-0.2, -0.15) is 10.2 Å². The smallest absolute Gasteiger partial charge is 0.262 e. The summed E-state index contributed by atoms with van der Waals surface area (Å²) in [7, 11) is -4.22. The van der Waals surface area contributed by atoms with Gasteiger partial charge in [0.25, 0.3) is 10.0 Å². The molecular formula is C30H26F2N8O3S. The van der Waals surface area contributed by atoms with Crippen LogP contribution in [-0.2, 0) is 14.8 Å². The van der Waals surface area contributed by atoms with Crippen molar-refractivity contribution < 1.29 is 21.9 Å². The Bertz CT molecular complexity index is 1980. The molecule has 224 valence electrons. The number of aromatic nitrogens is 3. The summed E-state index contributed by atoms with van der Waals surface area (Å²) < 4.78 is 65.1. The lowest BCUT2D eigenvalue weighted by Gasteiger charge is -2.26. The van der Waals surface area contributed by atoms with Gasteiger partial charge < -0.3 is 9.64 Å². The largest absolute Gasteiger partial charge is 0.378 e.